The summed E-state index contributed by atoms with van der Waals surface area (Å²) in [5, 5.41) is 0. The minimum Gasteiger partial charge on any atom is -0.459 e. The Bertz CT molecular complexity index is 904. The van der Waals surface area contributed by atoms with Crippen LogP contribution >= 0.6 is 11.6 Å². The van der Waals surface area contributed by atoms with Crippen LogP contribution in [-0.4, -0.2) is 52.0 Å². The molecule has 188 valence electrons. The van der Waals surface area contributed by atoms with E-state index in [1.54, 1.807) is 65.8 Å². The van der Waals surface area contributed by atoms with Gasteiger partial charge < -0.3 is 14.2 Å². The number of amides is 2. The maximum Gasteiger partial charge on any atom is 0.417 e. The lowest BCUT2D eigenvalue weighted by atomic mass is 9.80. The number of likely N-dealkylation sites (tertiary alicyclic amines) is 1. The molecule has 2 rings (SSSR count). The molecule has 8 nitrogen and oxygen atoms in total. The second-order valence-corrected chi connectivity index (χ2v) is 10.7. The predicted molar refractivity (Wildman–Crippen MR) is 126 cm³/mol. The van der Waals surface area contributed by atoms with E-state index in [9.17, 15) is 19.2 Å². The normalized spacial score (nSPS) is 20.7. The number of rotatable bonds is 7. The average molecular weight is 496 g/mol. The number of hydrogen-bond acceptors (Lipinski definition) is 7. The van der Waals surface area contributed by atoms with Crippen LogP contribution < -0.4 is 0 Å². The molecule has 1 aliphatic heterocycles. The Morgan fingerprint density at radius 3 is 2.15 bits per heavy atom. The summed E-state index contributed by atoms with van der Waals surface area (Å²) in [6.45, 7) is 9.91. The maximum atomic E-state index is 13.7. The van der Waals surface area contributed by atoms with E-state index in [0.717, 1.165) is 5.56 Å². The van der Waals surface area contributed by atoms with E-state index >= 15 is 0 Å². The standard InChI is InChI=1S/C25H34ClNO7/c1-23(2,3)33-21(30)25(13-10-14-26)15-18(19(28)32-16-17-11-8-7-9-12-17)27(20(25)29)22(31)34-24(4,5)6/h7-9,11-12,18H,10,13-16H2,1-6H3. The average Bonchev–Trinajstić information content (AvgIpc) is 3.02. The first-order valence-corrected chi connectivity index (χ1v) is 11.8. The Hall–Kier alpha value is -2.61. The van der Waals surface area contributed by atoms with Gasteiger partial charge in [0.15, 0.2) is 0 Å². The van der Waals surface area contributed by atoms with Crippen molar-refractivity contribution in [3.63, 3.8) is 0 Å². The Morgan fingerprint density at radius 1 is 1.03 bits per heavy atom. The van der Waals surface area contributed by atoms with Crippen LogP contribution in [0.1, 0.15) is 66.4 Å². The number of ether oxygens (including phenoxy) is 3. The highest BCUT2D eigenvalue weighted by atomic mass is 35.5. The molecule has 0 aliphatic carbocycles. The summed E-state index contributed by atoms with van der Waals surface area (Å²) in [6, 6.07) is 7.66. The summed E-state index contributed by atoms with van der Waals surface area (Å²) < 4.78 is 16.4. The van der Waals surface area contributed by atoms with Crippen LogP contribution in [0.25, 0.3) is 0 Å². The van der Waals surface area contributed by atoms with E-state index in [1.807, 2.05) is 6.07 Å². The molecule has 0 spiro atoms. The fraction of sp³-hybridized carbons (Fsp3) is 0.600. The number of halogens is 1. The van der Waals surface area contributed by atoms with Gasteiger partial charge in [-0.25, -0.2) is 14.5 Å². The van der Waals surface area contributed by atoms with Crippen molar-refractivity contribution in [3.8, 4) is 0 Å². The van der Waals surface area contributed by atoms with E-state index in [2.05, 4.69) is 0 Å². The number of imide groups is 1. The fourth-order valence-electron chi connectivity index (χ4n) is 3.64. The Morgan fingerprint density at radius 2 is 1.62 bits per heavy atom. The van der Waals surface area contributed by atoms with E-state index in [-0.39, 0.29) is 25.3 Å². The zero-order valence-corrected chi connectivity index (χ0v) is 21.4. The highest BCUT2D eigenvalue weighted by Crippen LogP contribution is 2.43. The molecule has 2 atom stereocenters. The second kappa shape index (κ2) is 10.8. The SMILES string of the molecule is CC(C)(C)OC(=O)N1C(=O)C(CCCCl)(C(=O)OC(C)(C)C)CC1C(=O)OCc1ccccc1. The molecule has 1 heterocycles. The summed E-state index contributed by atoms with van der Waals surface area (Å²) in [4.78, 5) is 53.8. The lowest BCUT2D eigenvalue weighted by molar-refractivity contribution is -0.171. The van der Waals surface area contributed by atoms with Gasteiger partial charge in [0.05, 0.1) is 0 Å². The van der Waals surface area contributed by atoms with Crippen molar-refractivity contribution >= 4 is 35.5 Å². The Kier molecular flexibility index (Phi) is 8.75. The number of carbonyl (C=O) groups is 4. The van der Waals surface area contributed by atoms with Gasteiger partial charge in [0.1, 0.15) is 29.3 Å². The predicted octanol–water partition coefficient (Wildman–Crippen LogP) is 4.61. The number of esters is 2. The summed E-state index contributed by atoms with van der Waals surface area (Å²) >= 11 is 5.87. The van der Waals surface area contributed by atoms with E-state index in [1.165, 1.54) is 0 Å². The third-order valence-corrected chi connectivity index (χ3v) is 5.36. The number of nitrogens with zero attached hydrogens (tertiary/aromatic N) is 1. The topological polar surface area (TPSA) is 99.2 Å². The first kappa shape index (κ1) is 27.6. The quantitative estimate of drug-likeness (QED) is 0.235. The molecule has 0 aromatic heterocycles. The second-order valence-electron chi connectivity index (χ2n) is 10.3. The van der Waals surface area contributed by atoms with Gasteiger partial charge in [-0.15, -0.1) is 11.6 Å². The minimum absolute atomic E-state index is 0.0199. The van der Waals surface area contributed by atoms with Crippen molar-refractivity contribution in [2.24, 2.45) is 5.41 Å². The molecule has 1 fully saturated rings. The van der Waals surface area contributed by atoms with Crippen LogP contribution in [0.15, 0.2) is 30.3 Å². The van der Waals surface area contributed by atoms with Gasteiger partial charge >= 0.3 is 18.0 Å². The number of alkyl halides is 1. The molecule has 2 unspecified atom stereocenters. The van der Waals surface area contributed by atoms with E-state index in [4.69, 9.17) is 25.8 Å². The highest BCUT2D eigenvalue weighted by Gasteiger charge is 2.62. The summed E-state index contributed by atoms with van der Waals surface area (Å²) in [7, 11) is 0. The third-order valence-electron chi connectivity index (χ3n) is 5.09. The minimum atomic E-state index is -1.75. The molecular formula is C25H34ClNO7. The van der Waals surface area contributed by atoms with Crippen LogP contribution in [0.4, 0.5) is 4.79 Å². The molecule has 0 radical (unpaired) electrons. The smallest absolute Gasteiger partial charge is 0.417 e. The molecule has 1 saturated heterocycles. The number of carbonyl (C=O) groups excluding carboxylic acids is 4. The highest BCUT2D eigenvalue weighted by molar-refractivity contribution is 6.18. The van der Waals surface area contributed by atoms with Crippen LogP contribution in [0.2, 0.25) is 0 Å². The zero-order chi connectivity index (χ0) is 25.7. The van der Waals surface area contributed by atoms with Crippen molar-refractivity contribution in [2.45, 2.75) is 84.7 Å². The van der Waals surface area contributed by atoms with Gasteiger partial charge in [0.2, 0.25) is 5.91 Å². The summed E-state index contributed by atoms with van der Waals surface area (Å²) in [5.74, 6) is -2.27. The summed E-state index contributed by atoms with van der Waals surface area (Å²) in [6.07, 6.45) is -0.966. The largest absolute Gasteiger partial charge is 0.459 e. The molecule has 0 saturated carbocycles. The molecule has 0 bridgehead atoms. The Balaban J connectivity index is 2.42. The van der Waals surface area contributed by atoms with Gasteiger partial charge in [0.25, 0.3) is 0 Å². The summed E-state index contributed by atoms with van der Waals surface area (Å²) in [5.41, 5.74) is -2.82. The van der Waals surface area contributed by atoms with Gasteiger partial charge in [-0.3, -0.25) is 9.59 Å². The van der Waals surface area contributed by atoms with E-state index < -0.39 is 46.6 Å². The molecule has 9 heteroatoms. The third kappa shape index (κ3) is 6.95. The van der Waals surface area contributed by atoms with Crippen LogP contribution in [0, 0.1) is 5.41 Å². The van der Waals surface area contributed by atoms with Gasteiger partial charge in [-0.05, 0) is 59.9 Å². The molecule has 1 aromatic rings. The molecular weight excluding hydrogens is 462 g/mol. The monoisotopic (exact) mass is 495 g/mol. The molecule has 0 N–H and O–H groups in total. The molecule has 2 amide bonds. The van der Waals surface area contributed by atoms with Crippen LogP contribution in [0.3, 0.4) is 0 Å². The molecule has 1 aromatic carbocycles. The molecule has 1 aliphatic rings. The number of benzene rings is 1. The van der Waals surface area contributed by atoms with Gasteiger partial charge in [0, 0.05) is 12.3 Å². The maximum absolute atomic E-state index is 13.7. The lowest BCUT2D eigenvalue weighted by Crippen LogP contribution is -2.49. The zero-order valence-electron chi connectivity index (χ0n) is 20.7. The van der Waals surface area contributed by atoms with Crippen molar-refractivity contribution in [1.82, 2.24) is 4.90 Å². The van der Waals surface area contributed by atoms with Crippen molar-refractivity contribution in [2.75, 3.05) is 5.88 Å². The van der Waals surface area contributed by atoms with E-state index in [0.29, 0.717) is 11.3 Å². The fourth-order valence-corrected chi connectivity index (χ4v) is 3.78. The first-order chi connectivity index (χ1) is 15.7. The first-order valence-electron chi connectivity index (χ1n) is 11.3. The molecule has 34 heavy (non-hydrogen) atoms. The van der Waals surface area contributed by atoms with Gasteiger partial charge in [-0.1, -0.05) is 30.3 Å². The van der Waals surface area contributed by atoms with Crippen molar-refractivity contribution < 1.29 is 33.4 Å². The van der Waals surface area contributed by atoms with Crippen molar-refractivity contribution in [3.05, 3.63) is 35.9 Å². The lowest BCUT2D eigenvalue weighted by Gasteiger charge is -2.30. The van der Waals surface area contributed by atoms with Gasteiger partial charge in [-0.2, -0.15) is 0 Å². The van der Waals surface area contributed by atoms with Crippen molar-refractivity contribution in [1.29, 1.82) is 0 Å². The Labute approximate surface area is 205 Å². The van der Waals surface area contributed by atoms with Crippen LogP contribution in [-0.2, 0) is 35.2 Å². The number of hydrogen-bond donors (Lipinski definition) is 0. The van der Waals surface area contributed by atoms with Crippen LogP contribution in [0.5, 0.6) is 0 Å².